The molecule has 2 heteroatoms. The standard InChI is InChI=1S/C26H42N2/c1-5-7-9-11-15-21(3)27-25-19-13-18-24-23(25)17-14-20-26(24)28-22(4)16-12-10-8-6-2/h13-14,17-22,27-28H,5-12,15-16H2,1-4H3/t21-,22-/m0/s1. The third kappa shape index (κ3) is 7.37. The van der Waals surface area contributed by atoms with Crippen molar-refractivity contribution >= 4 is 22.1 Å². The summed E-state index contributed by atoms with van der Waals surface area (Å²) >= 11 is 0. The summed E-state index contributed by atoms with van der Waals surface area (Å²) < 4.78 is 0. The zero-order valence-corrected chi connectivity index (χ0v) is 18.7. The Kier molecular flexibility index (Phi) is 10.2. The van der Waals surface area contributed by atoms with Gasteiger partial charge in [0.1, 0.15) is 0 Å². The minimum Gasteiger partial charge on any atom is -0.382 e. The fourth-order valence-corrected chi connectivity index (χ4v) is 3.99. The van der Waals surface area contributed by atoms with Gasteiger partial charge in [-0.3, -0.25) is 0 Å². The maximum absolute atomic E-state index is 3.76. The van der Waals surface area contributed by atoms with Crippen molar-refractivity contribution in [2.24, 2.45) is 0 Å². The molecule has 0 heterocycles. The predicted molar refractivity (Wildman–Crippen MR) is 128 cm³/mol. The van der Waals surface area contributed by atoms with E-state index in [0.29, 0.717) is 12.1 Å². The molecule has 0 aliphatic rings. The summed E-state index contributed by atoms with van der Waals surface area (Å²) in [4.78, 5) is 0. The minimum absolute atomic E-state index is 0.511. The average Bonchev–Trinajstić information content (AvgIpc) is 2.69. The fraction of sp³-hybridized carbons (Fsp3) is 0.615. The third-order valence-corrected chi connectivity index (χ3v) is 5.71. The summed E-state index contributed by atoms with van der Waals surface area (Å²) in [6.07, 6.45) is 13.1. The van der Waals surface area contributed by atoms with Crippen LogP contribution >= 0.6 is 0 Å². The Morgan fingerprint density at radius 3 is 1.43 bits per heavy atom. The molecule has 0 unspecified atom stereocenters. The van der Waals surface area contributed by atoms with E-state index in [-0.39, 0.29) is 0 Å². The average molecular weight is 383 g/mol. The van der Waals surface area contributed by atoms with Crippen LogP contribution in [-0.2, 0) is 0 Å². The highest BCUT2D eigenvalue weighted by Gasteiger charge is 2.09. The van der Waals surface area contributed by atoms with Crippen LogP contribution in [-0.4, -0.2) is 12.1 Å². The van der Waals surface area contributed by atoms with Crippen LogP contribution < -0.4 is 10.6 Å². The molecule has 0 spiro atoms. The Morgan fingerprint density at radius 2 is 1.04 bits per heavy atom. The van der Waals surface area contributed by atoms with Crippen molar-refractivity contribution in [1.29, 1.82) is 0 Å². The monoisotopic (exact) mass is 382 g/mol. The van der Waals surface area contributed by atoms with Crippen molar-refractivity contribution in [3.8, 4) is 0 Å². The van der Waals surface area contributed by atoms with Gasteiger partial charge in [0.2, 0.25) is 0 Å². The molecule has 0 saturated carbocycles. The smallest absolute Gasteiger partial charge is 0.0422 e. The van der Waals surface area contributed by atoms with Gasteiger partial charge in [-0.05, 0) is 38.8 Å². The van der Waals surface area contributed by atoms with Crippen LogP contribution in [0.2, 0.25) is 0 Å². The SMILES string of the molecule is CCCCCC[C@H](C)Nc1cccc2c(N[C@@H](C)CCCCCC)cccc12. The first-order valence-electron chi connectivity index (χ1n) is 11.7. The van der Waals surface area contributed by atoms with Crippen molar-refractivity contribution in [2.45, 2.75) is 104 Å². The first-order valence-corrected chi connectivity index (χ1v) is 11.7. The summed E-state index contributed by atoms with van der Waals surface area (Å²) in [6, 6.07) is 14.3. The molecule has 2 N–H and O–H groups in total. The normalized spacial score (nSPS) is 13.4. The van der Waals surface area contributed by atoms with Gasteiger partial charge in [-0.1, -0.05) is 89.5 Å². The van der Waals surface area contributed by atoms with Crippen molar-refractivity contribution < 1.29 is 0 Å². The summed E-state index contributed by atoms with van der Waals surface area (Å²) in [5.74, 6) is 0. The number of hydrogen-bond acceptors (Lipinski definition) is 2. The molecule has 2 rings (SSSR count). The molecule has 2 aromatic carbocycles. The van der Waals surface area contributed by atoms with E-state index in [1.165, 1.54) is 86.4 Å². The van der Waals surface area contributed by atoms with Crippen molar-refractivity contribution in [1.82, 2.24) is 0 Å². The van der Waals surface area contributed by atoms with E-state index in [0.717, 1.165) is 0 Å². The highest BCUT2D eigenvalue weighted by Crippen LogP contribution is 2.30. The first-order chi connectivity index (χ1) is 13.7. The van der Waals surface area contributed by atoms with Gasteiger partial charge in [-0.15, -0.1) is 0 Å². The van der Waals surface area contributed by atoms with Gasteiger partial charge in [0.25, 0.3) is 0 Å². The Labute approximate surface area is 173 Å². The second-order valence-electron chi connectivity index (χ2n) is 8.50. The number of anilines is 2. The maximum Gasteiger partial charge on any atom is 0.0422 e. The molecule has 156 valence electrons. The van der Waals surface area contributed by atoms with E-state index in [1.54, 1.807) is 0 Å². The van der Waals surface area contributed by atoms with Crippen LogP contribution in [0.5, 0.6) is 0 Å². The Bertz CT molecular complexity index is 620. The second-order valence-corrected chi connectivity index (χ2v) is 8.50. The van der Waals surface area contributed by atoms with E-state index in [1.807, 2.05) is 0 Å². The topological polar surface area (TPSA) is 24.1 Å². The summed E-state index contributed by atoms with van der Waals surface area (Å²) in [6.45, 7) is 9.17. The third-order valence-electron chi connectivity index (χ3n) is 5.71. The second kappa shape index (κ2) is 12.7. The maximum atomic E-state index is 3.76. The van der Waals surface area contributed by atoms with Gasteiger partial charge in [0.05, 0.1) is 0 Å². The molecule has 0 bridgehead atoms. The Hall–Kier alpha value is -1.70. The molecule has 0 aliphatic heterocycles. The van der Waals surface area contributed by atoms with E-state index in [2.05, 4.69) is 74.7 Å². The Balaban J connectivity index is 2.01. The van der Waals surface area contributed by atoms with Crippen molar-refractivity contribution in [2.75, 3.05) is 10.6 Å². The van der Waals surface area contributed by atoms with Gasteiger partial charge in [0, 0.05) is 34.2 Å². The molecule has 0 amide bonds. The van der Waals surface area contributed by atoms with Crippen LogP contribution in [0.3, 0.4) is 0 Å². The number of unbranched alkanes of at least 4 members (excludes halogenated alkanes) is 6. The minimum atomic E-state index is 0.511. The molecule has 2 nitrogen and oxygen atoms in total. The lowest BCUT2D eigenvalue weighted by Crippen LogP contribution is -2.16. The highest BCUT2D eigenvalue weighted by atomic mass is 14.9. The Morgan fingerprint density at radius 1 is 0.607 bits per heavy atom. The molecule has 0 radical (unpaired) electrons. The van der Waals surface area contributed by atoms with Crippen molar-refractivity contribution in [3.63, 3.8) is 0 Å². The number of rotatable bonds is 14. The molecular formula is C26H42N2. The molecule has 2 aromatic rings. The summed E-state index contributed by atoms with van der Waals surface area (Å²) in [5, 5.41) is 10.2. The largest absolute Gasteiger partial charge is 0.382 e. The zero-order valence-electron chi connectivity index (χ0n) is 18.7. The molecule has 0 aromatic heterocycles. The van der Waals surface area contributed by atoms with Crippen LogP contribution in [0.15, 0.2) is 36.4 Å². The lowest BCUT2D eigenvalue weighted by molar-refractivity contribution is 0.594. The van der Waals surface area contributed by atoms with Crippen LogP contribution in [0.25, 0.3) is 10.8 Å². The number of benzene rings is 2. The first kappa shape index (κ1) is 22.6. The zero-order chi connectivity index (χ0) is 20.2. The molecule has 0 saturated heterocycles. The molecular weight excluding hydrogens is 340 g/mol. The van der Waals surface area contributed by atoms with E-state index >= 15 is 0 Å². The van der Waals surface area contributed by atoms with E-state index < -0.39 is 0 Å². The molecule has 2 atom stereocenters. The predicted octanol–water partition coefficient (Wildman–Crippen LogP) is 8.38. The van der Waals surface area contributed by atoms with E-state index in [4.69, 9.17) is 0 Å². The quantitative estimate of drug-likeness (QED) is 0.321. The lowest BCUT2D eigenvalue weighted by Gasteiger charge is -2.20. The highest BCUT2D eigenvalue weighted by molar-refractivity contribution is 6.01. The lowest BCUT2D eigenvalue weighted by atomic mass is 10.0. The van der Waals surface area contributed by atoms with Crippen LogP contribution in [0.1, 0.15) is 91.9 Å². The summed E-state index contributed by atoms with van der Waals surface area (Å²) in [5.41, 5.74) is 2.53. The van der Waals surface area contributed by atoms with E-state index in [9.17, 15) is 0 Å². The number of hydrogen-bond donors (Lipinski definition) is 2. The van der Waals surface area contributed by atoms with Crippen LogP contribution in [0.4, 0.5) is 11.4 Å². The van der Waals surface area contributed by atoms with Gasteiger partial charge in [0.15, 0.2) is 0 Å². The summed E-state index contributed by atoms with van der Waals surface area (Å²) in [7, 11) is 0. The van der Waals surface area contributed by atoms with Gasteiger partial charge in [-0.2, -0.15) is 0 Å². The number of fused-ring (bicyclic) bond motifs is 1. The van der Waals surface area contributed by atoms with Gasteiger partial charge < -0.3 is 10.6 Å². The van der Waals surface area contributed by atoms with Gasteiger partial charge >= 0.3 is 0 Å². The molecule has 0 fully saturated rings. The molecule has 28 heavy (non-hydrogen) atoms. The van der Waals surface area contributed by atoms with Gasteiger partial charge in [-0.25, -0.2) is 0 Å². The van der Waals surface area contributed by atoms with Crippen molar-refractivity contribution in [3.05, 3.63) is 36.4 Å². The van der Waals surface area contributed by atoms with Crippen LogP contribution in [0, 0.1) is 0 Å². The fourth-order valence-electron chi connectivity index (χ4n) is 3.99. The number of nitrogens with one attached hydrogen (secondary N) is 2. The molecule has 0 aliphatic carbocycles.